The fraction of sp³-hybridized carbons (Fsp3) is 0.435. The van der Waals surface area contributed by atoms with E-state index in [1.54, 1.807) is 0 Å². The smallest absolute Gasteiger partial charge is 0.234 e. The van der Waals surface area contributed by atoms with E-state index in [4.69, 9.17) is 9.97 Å². The number of anilines is 4. The molecule has 0 atom stereocenters. The fourth-order valence-corrected chi connectivity index (χ4v) is 4.14. The van der Waals surface area contributed by atoms with Crippen LogP contribution in [0.4, 0.5) is 23.4 Å². The van der Waals surface area contributed by atoms with Crippen LogP contribution >= 0.6 is 11.8 Å². The molecule has 0 bridgehead atoms. The number of hydrogen-bond donors (Lipinski definition) is 3. The second-order valence-corrected chi connectivity index (χ2v) is 10.4. The van der Waals surface area contributed by atoms with Crippen LogP contribution in [0.5, 0.6) is 0 Å². The number of nitrogens with one attached hydrogen (secondary N) is 3. The van der Waals surface area contributed by atoms with Crippen LogP contribution in [-0.4, -0.2) is 69.2 Å². The lowest BCUT2D eigenvalue weighted by Gasteiger charge is -2.32. The van der Waals surface area contributed by atoms with Crippen molar-refractivity contribution in [1.29, 1.82) is 0 Å². The van der Waals surface area contributed by atoms with Crippen molar-refractivity contribution >= 4 is 41.1 Å². The van der Waals surface area contributed by atoms with Gasteiger partial charge >= 0.3 is 0 Å². The summed E-state index contributed by atoms with van der Waals surface area (Å²) in [6.07, 6.45) is 0. The molecule has 180 valence electrons. The largest absolute Gasteiger partial charge is 0.338 e. The minimum atomic E-state index is -0.0987. The first-order chi connectivity index (χ1) is 16.2. The molecule has 2 aromatic heterocycles. The maximum atomic E-state index is 11.3. The van der Waals surface area contributed by atoms with Gasteiger partial charge in [-0.1, -0.05) is 20.8 Å². The van der Waals surface area contributed by atoms with Gasteiger partial charge in [-0.25, -0.2) is 0 Å². The molecule has 11 heteroatoms. The number of nitrogens with zero attached hydrogens (tertiary/aromatic N) is 6. The Labute approximate surface area is 204 Å². The molecule has 0 aliphatic carbocycles. The van der Waals surface area contributed by atoms with E-state index in [0.717, 1.165) is 42.5 Å². The summed E-state index contributed by atoms with van der Waals surface area (Å²) >= 11 is 1.45. The van der Waals surface area contributed by atoms with Gasteiger partial charge in [-0.05, 0) is 43.1 Å². The van der Waals surface area contributed by atoms with Crippen LogP contribution in [0, 0.1) is 0 Å². The molecule has 34 heavy (non-hydrogen) atoms. The van der Waals surface area contributed by atoms with Crippen molar-refractivity contribution < 1.29 is 4.79 Å². The van der Waals surface area contributed by atoms with Gasteiger partial charge in [0.15, 0.2) is 11.0 Å². The number of benzene rings is 1. The average molecular weight is 482 g/mol. The number of piperazine rings is 1. The highest BCUT2D eigenvalue weighted by atomic mass is 32.2. The van der Waals surface area contributed by atoms with E-state index in [0.29, 0.717) is 22.9 Å². The zero-order chi connectivity index (χ0) is 24.3. The Bertz CT molecular complexity index is 1130. The van der Waals surface area contributed by atoms with Gasteiger partial charge < -0.3 is 20.4 Å². The monoisotopic (exact) mass is 481 g/mol. The van der Waals surface area contributed by atoms with Crippen LogP contribution in [-0.2, 0) is 10.2 Å². The van der Waals surface area contributed by atoms with Crippen molar-refractivity contribution in [3.8, 4) is 0 Å². The van der Waals surface area contributed by atoms with Gasteiger partial charge in [0.1, 0.15) is 0 Å². The Hall–Kier alpha value is -3.18. The number of H-pyrrole nitrogens is 1. The summed E-state index contributed by atoms with van der Waals surface area (Å²) in [5, 5.41) is 14.1. The van der Waals surface area contributed by atoms with Crippen molar-refractivity contribution in [2.75, 3.05) is 48.8 Å². The van der Waals surface area contributed by atoms with Crippen molar-refractivity contribution in [2.24, 2.45) is 0 Å². The SMILES string of the molecule is CC(=O)Nc1ccc(Sc2nc(Nc3cc(C(C)(C)C)[nH]n3)nc(N3CCN(C)CC3)n2)cc1. The number of amides is 1. The summed E-state index contributed by atoms with van der Waals surface area (Å²) in [6.45, 7) is 11.5. The molecule has 1 amide bonds. The Morgan fingerprint density at radius 1 is 1.06 bits per heavy atom. The lowest BCUT2D eigenvalue weighted by atomic mass is 9.92. The zero-order valence-corrected chi connectivity index (χ0v) is 21.0. The van der Waals surface area contributed by atoms with E-state index >= 15 is 0 Å². The lowest BCUT2D eigenvalue weighted by molar-refractivity contribution is -0.114. The molecule has 0 unspecified atom stereocenters. The van der Waals surface area contributed by atoms with E-state index in [9.17, 15) is 4.79 Å². The Morgan fingerprint density at radius 3 is 2.38 bits per heavy atom. The molecular weight excluding hydrogens is 450 g/mol. The lowest BCUT2D eigenvalue weighted by Crippen LogP contribution is -2.45. The average Bonchev–Trinajstić information content (AvgIpc) is 3.24. The predicted molar refractivity (Wildman–Crippen MR) is 135 cm³/mol. The van der Waals surface area contributed by atoms with E-state index in [1.165, 1.54) is 18.7 Å². The third-order valence-corrected chi connectivity index (χ3v) is 6.27. The first kappa shape index (κ1) is 24.0. The van der Waals surface area contributed by atoms with Crippen molar-refractivity contribution in [3.05, 3.63) is 36.0 Å². The summed E-state index contributed by atoms with van der Waals surface area (Å²) in [7, 11) is 2.12. The maximum absolute atomic E-state index is 11.3. The Morgan fingerprint density at radius 2 is 1.76 bits per heavy atom. The number of carbonyl (C=O) groups excluding carboxylic acids is 1. The van der Waals surface area contributed by atoms with Gasteiger partial charge in [0.05, 0.1) is 0 Å². The molecule has 3 aromatic rings. The Kier molecular flexibility index (Phi) is 7.03. The molecule has 1 aliphatic heterocycles. The van der Waals surface area contributed by atoms with Crippen LogP contribution in [0.25, 0.3) is 0 Å². The molecule has 1 aliphatic rings. The number of hydrogen-bond acceptors (Lipinski definition) is 9. The quantitative estimate of drug-likeness (QED) is 0.486. The third-order valence-electron chi connectivity index (χ3n) is 5.40. The van der Waals surface area contributed by atoms with Gasteiger partial charge in [-0.2, -0.15) is 20.1 Å². The van der Waals surface area contributed by atoms with Crippen LogP contribution in [0.3, 0.4) is 0 Å². The normalized spacial score (nSPS) is 14.8. The zero-order valence-electron chi connectivity index (χ0n) is 20.2. The minimum Gasteiger partial charge on any atom is -0.338 e. The van der Waals surface area contributed by atoms with E-state index in [2.05, 4.69) is 63.4 Å². The molecule has 1 aromatic carbocycles. The second-order valence-electron chi connectivity index (χ2n) is 9.38. The summed E-state index contributed by atoms with van der Waals surface area (Å²) in [6, 6.07) is 9.58. The molecule has 1 fully saturated rings. The van der Waals surface area contributed by atoms with E-state index in [-0.39, 0.29) is 11.3 Å². The molecule has 10 nitrogen and oxygen atoms in total. The number of likely N-dealkylation sites (N-methyl/N-ethyl adjacent to an activating group) is 1. The molecule has 0 spiro atoms. The van der Waals surface area contributed by atoms with Gasteiger partial charge in [0.2, 0.25) is 17.8 Å². The molecule has 3 heterocycles. The summed E-state index contributed by atoms with van der Waals surface area (Å²) in [5.41, 5.74) is 1.74. The molecule has 1 saturated heterocycles. The highest BCUT2D eigenvalue weighted by Gasteiger charge is 2.20. The third kappa shape index (κ3) is 6.23. The minimum absolute atomic E-state index is 0.0402. The predicted octanol–water partition coefficient (Wildman–Crippen LogP) is 3.50. The summed E-state index contributed by atoms with van der Waals surface area (Å²) in [4.78, 5) is 30.8. The Balaban J connectivity index is 1.59. The standard InChI is InChI=1S/C23H31N9OS/c1-15(33)24-16-6-8-17(9-7-16)34-22-27-20(25-19-14-18(29-30-19)23(2,3)4)26-21(28-22)32-12-10-31(5)11-13-32/h6-9,14H,10-13H2,1-5H3,(H,24,33)(H2,25,26,27,28,29,30). The van der Waals surface area contributed by atoms with Crippen molar-refractivity contribution in [3.63, 3.8) is 0 Å². The van der Waals surface area contributed by atoms with Crippen LogP contribution in [0.2, 0.25) is 0 Å². The van der Waals surface area contributed by atoms with Gasteiger partial charge in [0.25, 0.3) is 0 Å². The molecule has 4 rings (SSSR count). The molecule has 3 N–H and O–H groups in total. The number of rotatable bonds is 6. The van der Waals surface area contributed by atoms with Gasteiger partial charge in [0, 0.05) is 60.9 Å². The fourth-order valence-electron chi connectivity index (χ4n) is 3.39. The molecule has 0 saturated carbocycles. The summed E-state index contributed by atoms with van der Waals surface area (Å²) in [5.74, 6) is 1.66. The second kappa shape index (κ2) is 9.98. The first-order valence-corrected chi connectivity index (χ1v) is 12.1. The van der Waals surface area contributed by atoms with Gasteiger partial charge in [-0.3, -0.25) is 9.89 Å². The van der Waals surface area contributed by atoms with Crippen molar-refractivity contribution in [2.45, 2.75) is 43.2 Å². The maximum Gasteiger partial charge on any atom is 0.234 e. The van der Waals surface area contributed by atoms with Crippen LogP contribution in [0.15, 0.2) is 40.4 Å². The highest BCUT2D eigenvalue weighted by Crippen LogP contribution is 2.29. The highest BCUT2D eigenvalue weighted by molar-refractivity contribution is 7.99. The number of carbonyl (C=O) groups is 1. The van der Waals surface area contributed by atoms with Crippen LogP contribution < -0.4 is 15.5 Å². The summed E-state index contributed by atoms with van der Waals surface area (Å²) < 4.78 is 0. The van der Waals surface area contributed by atoms with Crippen LogP contribution in [0.1, 0.15) is 33.4 Å². The number of aromatic amines is 1. The van der Waals surface area contributed by atoms with Gasteiger partial charge in [-0.15, -0.1) is 0 Å². The molecule has 0 radical (unpaired) electrons. The van der Waals surface area contributed by atoms with E-state index in [1.807, 2.05) is 30.3 Å². The number of aromatic nitrogens is 5. The first-order valence-electron chi connectivity index (χ1n) is 11.2. The topological polar surface area (TPSA) is 115 Å². The molecular formula is C23H31N9OS. The van der Waals surface area contributed by atoms with E-state index < -0.39 is 0 Å². The van der Waals surface area contributed by atoms with Crippen molar-refractivity contribution in [1.82, 2.24) is 30.0 Å².